The van der Waals surface area contributed by atoms with Crippen molar-refractivity contribution in [1.29, 1.82) is 0 Å². The number of likely N-dealkylation sites (tertiary alicyclic amines) is 1. The molecule has 5 heterocycles. The zero-order chi connectivity index (χ0) is 20.8. The summed E-state index contributed by atoms with van der Waals surface area (Å²) in [6.07, 6.45) is 5.50. The van der Waals surface area contributed by atoms with Crippen LogP contribution in [-0.2, 0) is 18.5 Å². The molecule has 1 fully saturated rings. The van der Waals surface area contributed by atoms with E-state index in [4.69, 9.17) is 9.52 Å². The molecule has 1 saturated heterocycles. The average molecular weight is 413 g/mol. The van der Waals surface area contributed by atoms with E-state index in [0.29, 0.717) is 6.54 Å². The quantitative estimate of drug-likeness (QED) is 0.552. The van der Waals surface area contributed by atoms with E-state index in [2.05, 4.69) is 33.2 Å². The molecular formula is C24H23N5O2. The summed E-state index contributed by atoms with van der Waals surface area (Å²) in [5, 5.41) is 8.95. The van der Waals surface area contributed by atoms with E-state index < -0.39 is 0 Å². The third-order valence-electron chi connectivity index (χ3n) is 6.65. The number of aryl methyl sites for hydroxylation is 1. The maximum atomic E-state index is 12.7. The lowest BCUT2D eigenvalue weighted by Crippen LogP contribution is -2.40. The van der Waals surface area contributed by atoms with Crippen molar-refractivity contribution in [1.82, 2.24) is 25.0 Å². The van der Waals surface area contributed by atoms with Gasteiger partial charge in [0.05, 0.1) is 24.0 Å². The van der Waals surface area contributed by atoms with Gasteiger partial charge in [-0.2, -0.15) is 5.10 Å². The highest BCUT2D eigenvalue weighted by Crippen LogP contribution is 2.43. The second kappa shape index (κ2) is 6.97. The lowest BCUT2D eigenvalue weighted by molar-refractivity contribution is 0.204. The Balaban J connectivity index is 1.22. The van der Waals surface area contributed by atoms with Gasteiger partial charge in [-0.05, 0) is 43.2 Å². The maximum Gasteiger partial charge on any atom is 0.317 e. The van der Waals surface area contributed by atoms with Crippen molar-refractivity contribution in [2.24, 2.45) is 0 Å². The molecule has 1 aromatic carbocycles. The fourth-order valence-electron chi connectivity index (χ4n) is 4.96. The molecule has 2 aliphatic rings. The number of rotatable bonds is 3. The van der Waals surface area contributed by atoms with Crippen molar-refractivity contribution in [2.75, 3.05) is 13.1 Å². The highest BCUT2D eigenvalue weighted by molar-refractivity contribution is 5.82. The van der Waals surface area contributed by atoms with Gasteiger partial charge in [-0.15, -0.1) is 0 Å². The number of furan rings is 1. The van der Waals surface area contributed by atoms with Crippen LogP contribution in [0, 0.1) is 0 Å². The molecule has 1 unspecified atom stereocenters. The third-order valence-corrected chi connectivity index (χ3v) is 6.65. The molecule has 1 N–H and O–H groups in total. The molecular weight excluding hydrogens is 390 g/mol. The molecule has 2 amide bonds. The first-order chi connectivity index (χ1) is 15.2. The summed E-state index contributed by atoms with van der Waals surface area (Å²) >= 11 is 0. The second-order valence-electron chi connectivity index (χ2n) is 8.49. The van der Waals surface area contributed by atoms with Crippen LogP contribution >= 0.6 is 0 Å². The van der Waals surface area contributed by atoms with Crippen LogP contribution in [-0.4, -0.2) is 38.8 Å². The standard InChI is InChI=1S/C24H23N5O2/c30-23(26-15-19-5-3-11-31-19)28-9-7-24(16-28)8-10-29-22(24)13-21(27-29)18-12-17-4-1-2-6-20(17)25-14-18/h1-6,11-14H,7-10,15-16H2,(H,26,30). The van der Waals surface area contributed by atoms with Crippen LogP contribution in [0.3, 0.4) is 0 Å². The molecule has 7 nitrogen and oxygen atoms in total. The molecule has 0 bridgehead atoms. The Kier molecular flexibility index (Phi) is 4.09. The summed E-state index contributed by atoms with van der Waals surface area (Å²) in [5.74, 6) is 0.759. The molecule has 2 aliphatic heterocycles. The number of para-hydroxylation sites is 1. The normalized spacial score (nSPS) is 19.9. The third kappa shape index (κ3) is 3.08. The van der Waals surface area contributed by atoms with Crippen molar-refractivity contribution in [2.45, 2.75) is 31.3 Å². The number of nitrogens with zero attached hydrogens (tertiary/aromatic N) is 4. The number of hydrogen-bond acceptors (Lipinski definition) is 4. The van der Waals surface area contributed by atoms with Crippen LogP contribution in [0.25, 0.3) is 22.2 Å². The van der Waals surface area contributed by atoms with E-state index in [1.54, 1.807) is 6.26 Å². The molecule has 4 aromatic rings. The minimum absolute atomic E-state index is 0.0163. The predicted octanol–water partition coefficient (Wildman–Crippen LogP) is 3.95. The first kappa shape index (κ1) is 18.2. The van der Waals surface area contributed by atoms with Gasteiger partial charge >= 0.3 is 6.03 Å². The minimum Gasteiger partial charge on any atom is -0.467 e. The highest BCUT2D eigenvalue weighted by atomic mass is 16.3. The van der Waals surface area contributed by atoms with Crippen LogP contribution in [0.2, 0.25) is 0 Å². The Labute approximate surface area is 179 Å². The van der Waals surface area contributed by atoms with E-state index in [9.17, 15) is 4.79 Å². The second-order valence-corrected chi connectivity index (χ2v) is 8.49. The molecule has 1 spiro atoms. The molecule has 156 valence electrons. The van der Waals surface area contributed by atoms with E-state index in [0.717, 1.165) is 60.4 Å². The van der Waals surface area contributed by atoms with Crippen LogP contribution in [0.4, 0.5) is 4.79 Å². The first-order valence-electron chi connectivity index (χ1n) is 10.7. The van der Waals surface area contributed by atoms with Crippen LogP contribution in [0.15, 0.2) is 65.4 Å². The van der Waals surface area contributed by atoms with Gasteiger partial charge in [0.15, 0.2) is 0 Å². The summed E-state index contributed by atoms with van der Waals surface area (Å²) in [6, 6.07) is 16.1. The molecule has 3 aromatic heterocycles. The number of carbonyl (C=O) groups excluding carboxylic acids is 1. The molecule has 0 aliphatic carbocycles. The molecule has 7 heteroatoms. The largest absolute Gasteiger partial charge is 0.467 e. The van der Waals surface area contributed by atoms with E-state index in [-0.39, 0.29) is 11.4 Å². The number of aromatic nitrogens is 3. The Morgan fingerprint density at radius 1 is 1.13 bits per heavy atom. The van der Waals surface area contributed by atoms with Gasteiger partial charge in [-0.1, -0.05) is 18.2 Å². The molecule has 1 atom stereocenters. The summed E-state index contributed by atoms with van der Waals surface area (Å²) < 4.78 is 7.43. The van der Waals surface area contributed by atoms with Gasteiger partial charge in [0.25, 0.3) is 0 Å². The van der Waals surface area contributed by atoms with Gasteiger partial charge in [-0.3, -0.25) is 9.67 Å². The molecule has 0 radical (unpaired) electrons. The Morgan fingerprint density at radius 2 is 2.03 bits per heavy atom. The Bertz CT molecular complexity index is 1260. The first-order valence-corrected chi connectivity index (χ1v) is 10.7. The number of pyridine rings is 1. The summed E-state index contributed by atoms with van der Waals surface area (Å²) in [4.78, 5) is 19.2. The lowest BCUT2D eigenvalue weighted by atomic mass is 9.82. The number of urea groups is 1. The fourth-order valence-corrected chi connectivity index (χ4v) is 4.96. The van der Waals surface area contributed by atoms with Gasteiger partial charge in [0.1, 0.15) is 5.76 Å². The molecule has 31 heavy (non-hydrogen) atoms. The Hall–Kier alpha value is -3.61. The number of fused-ring (bicyclic) bond motifs is 3. The summed E-state index contributed by atoms with van der Waals surface area (Å²) in [5.41, 5.74) is 4.19. The smallest absolute Gasteiger partial charge is 0.317 e. The van der Waals surface area contributed by atoms with Gasteiger partial charge in [0.2, 0.25) is 0 Å². The molecule has 6 rings (SSSR count). The van der Waals surface area contributed by atoms with Crippen LogP contribution in [0.1, 0.15) is 24.3 Å². The zero-order valence-corrected chi connectivity index (χ0v) is 17.1. The summed E-state index contributed by atoms with van der Waals surface area (Å²) in [7, 11) is 0. The van der Waals surface area contributed by atoms with Crippen molar-refractivity contribution in [3.63, 3.8) is 0 Å². The maximum absolute atomic E-state index is 12.7. The zero-order valence-electron chi connectivity index (χ0n) is 17.1. The SMILES string of the molecule is O=C(NCc1ccco1)N1CCC2(CCn3nc(-c4cnc5ccccc5c4)cc32)C1. The van der Waals surface area contributed by atoms with Crippen molar-refractivity contribution < 1.29 is 9.21 Å². The van der Waals surface area contributed by atoms with Crippen molar-refractivity contribution in [3.05, 3.63) is 72.4 Å². The topological polar surface area (TPSA) is 76.2 Å². The minimum atomic E-state index is -0.0369. The van der Waals surface area contributed by atoms with Crippen molar-refractivity contribution >= 4 is 16.9 Å². The van der Waals surface area contributed by atoms with Gasteiger partial charge in [0, 0.05) is 47.9 Å². The number of benzene rings is 1. The predicted molar refractivity (Wildman–Crippen MR) is 116 cm³/mol. The fraction of sp³-hybridized carbons (Fsp3) is 0.292. The number of carbonyl (C=O) groups is 1. The van der Waals surface area contributed by atoms with E-state index >= 15 is 0 Å². The lowest BCUT2D eigenvalue weighted by Gasteiger charge is -2.23. The number of amides is 2. The Morgan fingerprint density at radius 3 is 2.94 bits per heavy atom. The van der Waals surface area contributed by atoms with Crippen LogP contribution in [0.5, 0.6) is 0 Å². The van der Waals surface area contributed by atoms with Crippen LogP contribution < -0.4 is 5.32 Å². The molecule has 0 saturated carbocycles. The number of nitrogens with one attached hydrogen (secondary N) is 1. The van der Waals surface area contributed by atoms with E-state index in [1.165, 1.54) is 5.69 Å². The van der Waals surface area contributed by atoms with Gasteiger partial charge < -0.3 is 14.6 Å². The monoisotopic (exact) mass is 413 g/mol. The van der Waals surface area contributed by atoms with Gasteiger partial charge in [-0.25, -0.2) is 4.79 Å². The highest BCUT2D eigenvalue weighted by Gasteiger charge is 2.46. The average Bonchev–Trinajstić information content (AvgIpc) is 3.59. The van der Waals surface area contributed by atoms with Crippen molar-refractivity contribution in [3.8, 4) is 11.3 Å². The summed E-state index contributed by atoms with van der Waals surface area (Å²) in [6.45, 7) is 2.77. The number of hydrogen-bond donors (Lipinski definition) is 1. The van der Waals surface area contributed by atoms with E-state index in [1.807, 2.05) is 41.4 Å².